The average Bonchev–Trinajstić information content (AvgIpc) is 2.62. The Bertz CT molecular complexity index is 864. The van der Waals surface area contributed by atoms with Gasteiger partial charge in [0.05, 0.1) is 11.6 Å². The molecule has 2 heterocycles. The summed E-state index contributed by atoms with van der Waals surface area (Å²) in [6.07, 6.45) is 2.64. The maximum atomic E-state index is 12.7. The topological polar surface area (TPSA) is 64.0 Å². The fourth-order valence-corrected chi connectivity index (χ4v) is 4.62. The van der Waals surface area contributed by atoms with E-state index in [1.54, 1.807) is 16.3 Å². The van der Waals surface area contributed by atoms with Gasteiger partial charge in [0.25, 0.3) is 5.56 Å². The lowest BCUT2D eigenvalue weighted by Gasteiger charge is -2.25. The van der Waals surface area contributed by atoms with Gasteiger partial charge < -0.3 is 5.32 Å². The molecule has 1 N–H and O–H groups in total. The molecule has 1 aliphatic rings. The second-order valence-electron chi connectivity index (χ2n) is 5.93. The molecule has 1 unspecified atom stereocenters. The van der Waals surface area contributed by atoms with Crippen LogP contribution in [-0.2, 0) is 17.8 Å². The quantitative estimate of drug-likeness (QED) is 0.657. The Morgan fingerprint density at radius 2 is 2.20 bits per heavy atom. The number of nitrogens with one attached hydrogen (secondary N) is 1. The van der Waals surface area contributed by atoms with Gasteiger partial charge in [0.2, 0.25) is 5.91 Å². The first-order chi connectivity index (χ1) is 12.0. The highest BCUT2D eigenvalue weighted by molar-refractivity contribution is 7.99. The molecule has 1 atom stereocenters. The molecule has 1 aromatic carbocycles. The van der Waals surface area contributed by atoms with Gasteiger partial charge in [0, 0.05) is 28.5 Å². The van der Waals surface area contributed by atoms with Crippen molar-refractivity contribution in [2.24, 2.45) is 5.92 Å². The van der Waals surface area contributed by atoms with Crippen molar-refractivity contribution in [3.05, 3.63) is 45.9 Å². The summed E-state index contributed by atoms with van der Waals surface area (Å²) in [4.78, 5) is 30.9. The number of fused-ring (bicyclic) bond motifs is 1. The van der Waals surface area contributed by atoms with E-state index in [-0.39, 0.29) is 17.4 Å². The zero-order chi connectivity index (χ0) is 18.0. The molecule has 0 spiro atoms. The molecule has 0 radical (unpaired) electrons. The molecule has 0 saturated heterocycles. The van der Waals surface area contributed by atoms with Crippen LogP contribution in [-0.4, -0.2) is 27.5 Å². The Morgan fingerprint density at radius 1 is 1.44 bits per heavy atom. The van der Waals surface area contributed by atoms with E-state index in [2.05, 4.69) is 10.3 Å². The first kappa shape index (κ1) is 18.1. The van der Waals surface area contributed by atoms with Gasteiger partial charge >= 0.3 is 0 Å². The zero-order valence-corrected chi connectivity index (χ0v) is 16.2. The maximum Gasteiger partial charge on any atom is 0.257 e. The van der Waals surface area contributed by atoms with Crippen LogP contribution in [0.1, 0.15) is 18.2 Å². The summed E-state index contributed by atoms with van der Waals surface area (Å²) in [5.74, 6) is 0.328. The molecule has 3 rings (SSSR count). The van der Waals surface area contributed by atoms with Crippen LogP contribution in [0.5, 0.6) is 0 Å². The number of amides is 1. The van der Waals surface area contributed by atoms with Crippen LogP contribution in [0, 0.1) is 12.8 Å². The summed E-state index contributed by atoms with van der Waals surface area (Å²) in [5.41, 5.74) is 2.33. The summed E-state index contributed by atoms with van der Waals surface area (Å²) >= 11 is 3.08. The normalized spacial score (nSPS) is 16.4. The Hall–Kier alpha value is -1.73. The number of hydrogen-bond acceptors (Lipinski definition) is 5. The number of aryl methyl sites for hydroxylation is 1. The molecule has 5 nitrogen and oxygen atoms in total. The van der Waals surface area contributed by atoms with Gasteiger partial charge in [0.1, 0.15) is 0 Å². The monoisotopic (exact) mass is 375 g/mol. The fraction of sp³-hybridized carbons (Fsp3) is 0.389. The van der Waals surface area contributed by atoms with E-state index in [4.69, 9.17) is 0 Å². The number of carbonyl (C=O) groups is 1. The molecule has 2 aromatic rings. The van der Waals surface area contributed by atoms with E-state index < -0.39 is 0 Å². The highest BCUT2D eigenvalue weighted by Gasteiger charge is 2.28. The summed E-state index contributed by atoms with van der Waals surface area (Å²) < 4.78 is 1.66. The lowest BCUT2D eigenvalue weighted by molar-refractivity contribution is -0.119. The Balaban J connectivity index is 1.83. The number of anilines is 1. The summed E-state index contributed by atoms with van der Waals surface area (Å²) in [7, 11) is 0. The third-order valence-electron chi connectivity index (χ3n) is 4.34. The van der Waals surface area contributed by atoms with E-state index in [1.807, 2.05) is 44.4 Å². The predicted molar refractivity (Wildman–Crippen MR) is 104 cm³/mol. The molecular weight excluding hydrogens is 354 g/mol. The van der Waals surface area contributed by atoms with Gasteiger partial charge in [-0.15, -0.1) is 11.8 Å². The van der Waals surface area contributed by atoms with Gasteiger partial charge in [-0.2, -0.15) is 0 Å². The number of para-hydroxylation sites is 1. The van der Waals surface area contributed by atoms with Gasteiger partial charge in [-0.25, -0.2) is 4.98 Å². The maximum absolute atomic E-state index is 12.7. The Kier molecular flexibility index (Phi) is 5.54. The first-order valence-corrected chi connectivity index (χ1v) is 10.4. The van der Waals surface area contributed by atoms with Crippen LogP contribution >= 0.6 is 23.5 Å². The first-order valence-electron chi connectivity index (χ1n) is 8.22. The van der Waals surface area contributed by atoms with Crippen LogP contribution in [0.2, 0.25) is 0 Å². The van der Waals surface area contributed by atoms with E-state index >= 15 is 0 Å². The van der Waals surface area contributed by atoms with Crippen LogP contribution in [0.3, 0.4) is 0 Å². The predicted octanol–water partition coefficient (Wildman–Crippen LogP) is 3.20. The second-order valence-corrected chi connectivity index (χ2v) is 7.76. The van der Waals surface area contributed by atoms with Crippen LogP contribution in [0.15, 0.2) is 39.1 Å². The van der Waals surface area contributed by atoms with E-state index in [1.165, 1.54) is 11.8 Å². The van der Waals surface area contributed by atoms with E-state index in [0.717, 1.165) is 21.8 Å². The van der Waals surface area contributed by atoms with E-state index in [0.29, 0.717) is 23.9 Å². The van der Waals surface area contributed by atoms with Crippen molar-refractivity contribution in [2.45, 2.75) is 36.9 Å². The Labute approximate surface area is 155 Å². The van der Waals surface area contributed by atoms with Crippen LogP contribution in [0.25, 0.3) is 0 Å². The van der Waals surface area contributed by atoms with Crippen molar-refractivity contribution < 1.29 is 4.79 Å². The summed E-state index contributed by atoms with van der Waals surface area (Å²) in [6, 6.07) is 7.74. The molecule has 0 bridgehead atoms. The van der Waals surface area contributed by atoms with Gasteiger partial charge in [-0.3, -0.25) is 14.2 Å². The van der Waals surface area contributed by atoms with Crippen molar-refractivity contribution >= 4 is 35.1 Å². The largest absolute Gasteiger partial charge is 0.325 e. The minimum absolute atomic E-state index is 0.0143. The van der Waals surface area contributed by atoms with Crippen molar-refractivity contribution in [3.63, 3.8) is 0 Å². The minimum Gasteiger partial charge on any atom is -0.325 e. The highest BCUT2D eigenvalue weighted by atomic mass is 32.2. The number of aromatic nitrogens is 2. The molecular formula is C18H21N3O2S2. The number of carbonyl (C=O) groups excluding carboxylic acids is 1. The molecule has 132 valence electrons. The van der Waals surface area contributed by atoms with Crippen LogP contribution in [0.4, 0.5) is 5.69 Å². The van der Waals surface area contributed by atoms with Crippen molar-refractivity contribution in [2.75, 3.05) is 17.3 Å². The number of hydrogen-bond donors (Lipinski definition) is 1. The molecule has 1 aliphatic heterocycles. The van der Waals surface area contributed by atoms with Gasteiger partial charge in [-0.1, -0.05) is 30.8 Å². The van der Waals surface area contributed by atoms with Gasteiger partial charge in [0.15, 0.2) is 5.16 Å². The van der Waals surface area contributed by atoms with Gasteiger partial charge in [-0.05, 0) is 31.7 Å². The standard InChI is InChI=1S/C18H21N3O2S2/c1-4-13-11(2)19-18-21(17(13)23)9-12(10-25-18)16(22)20-14-7-5-6-8-15(14)24-3/h5-8,12H,4,9-10H2,1-3H3,(H,20,22). The number of thioether (sulfide) groups is 2. The molecule has 1 aromatic heterocycles. The van der Waals surface area contributed by atoms with Crippen LogP contribution < -0.4 is 10.9 Å². The number of benzene rings is 1. The smallest absolute Gasteiger partial charge is 0.257 e. The lowest BCUT2D eigenvalue weighted by atomic mass is 10.1. The van der Waals surface area contributed by atoms with Crippen molar-refractivity contribution in [3.8, 4) is 0 Å². The summed E-state index contributed by atoms with van der Waals surface area (Å²) in [6.45, 7) is 4.21. The minimum atomic E-state index is -0.251. The third-order valence-corrected chi connectivity index (χ3v) is 6.27. The summed E-state index contributed by atoms with van der Waals surface area (Å²) in [5, 5.41) is 3.73. The second kappa shape index (κ2) is 7.66. The molecule has 1 amide bonds. The number of rotatable bonds is 4. The third kappa shape index (κ3) is 3.62. The Morgan fingerprint density at radius 3 is 2.92 bits per heavy atom. The molecule has 0 saturated carbocycles. The molecule has 0 fully saturated rings. The van der Waals surface area contributed by atoms with Crippen molar-refractivity contribution in [1.82, 2.24) is 9.55 Å². The number of nitrogens with zero attached hydrogens (tertiary/aromatic N) is 2. The SMILES string of the molecule is CCc1c(C)nc2n(c1=O)CC(C(=O)Nc1ccccc1SC)CS2. The molecule has 7 heteroatoms. The lowest BCUT2D eigenvalue weighted by Crippen LogP contribution is -2.38. The zero-order valence-electron chi connectivity index (χ0n) is 14.5. The average molecular weight is 376 g/mol. The van der Waals surface area contributed by atoms with E-state index in [9.17, 15) is 9.59 Å². The van der Waals surface area contributed by atoms with Crippen molar-refractivity contribution in [1.29, 1.82) is 0 Å². The molecule has 0 aliphatic carbocycles. The molecule has 25 heavy (non-hydrogen) atoms. The fourth-order valence-electron chi connectivity index (χ4n) is 2.94. The highest BCUT2D eigenvalue weighted by Crippen LogP contribution is 2.29.